The van der Waals surface area contributed by atoms with Crippen LogP contribution in [0.4, 0.5) is 11.5 Å². The summed E-state index contributed by atoms with van der Waals surface area (Å²) in [5.41, 5.74) is 0.634. The fraction of sp³-hybridized carbons (Fsp3) is 0.538. The Hall–Kier alpha value is -1.67. The fourth-order valence-electron chi connectivity index (χ4n) is 2.04. The van der Waals surface area contributed by atoms with Crippen LogP contribution in [0.5, 0.6) is 0 Å². The molecule has 0 bridgehead atoms. The van der Waals surface area contributed by atoms with Crippen LogP contribution >= 0.6 is 0 Å². The van der Waals surface area contributed by atoms with Crippen molar-refractivity contribution in [3.8, 4) is 0 Å². The lowest BCUT2D eigenvalue weighted by atomic mass is 10.3. The third-order valence-electron chi connectivity index (χ3n) is 3.29. The summed E-state index contributed by atoms with van der Waals surface area (Å²) >= 11 is 0. The first-order valence-corrected chi connectivity index (χ1v) is 8.54. The van der Waals surface area contributed by atoms with Gasteiger partial charge in [-0.2, -0.15) is 0 Å². The number of carbonyl (C=O) groups excluding carboxylic acids is 1. The van der Waals surface area contributed by atoms with E-state index in [1.807, 2.05) is 30.0 Å². The summed E-state index contributed by atoms with van der Waals surface area (Å²) in [6, 6.07) is 3.62. The summed E-state index contributed by atoms with van der Waals surface area (Å²) in [5.74, 6) is 0.904. The number of aromatic nitrogens is 1. The van der Waals surface area contributed by atoms with Crippen LogP contribution in [0.2, 0.25) is 0 Å². The smallest absolute Gasteiger partial charge is 0.238 e. The zero-order chi connectivity index (χ0) is 15.5. The molecule has 1 aromatic rings. The molecule has 0 saturated carbocycles. The normalized spacial score (nSPS) is 18.2. The second kappa shape index (κ2) is 6.40. The van der Waals surface area contributed by atoms with Gasteiger partial charge in [-0.1, -0.05) is 0 Å². The number of sulfone groups is 1. The Morgan fingerprint density at radius 3 is 2.52 bits per heavy atom. The van der Waals surface area contributed by atoms with Crippen LogP contribution in [0.15, 0.2) is 18.3 Å². The Labute approximate surface area is 124 Å². The lowest BCUT2D eigenvalue weighted by Crippen LogP contribution is -2.43. The molecule has 0 aliphatic carbocycles. The summed E-state index contributed by atoms with van der Waals surface area (Å²) in [6.45, 7) is 1.02. The maximum atomic E-state index is 11.9. The largest absolute Gasteiger partial charge is 0.363 e. The van der Waals surface area contributed by atoms with Gasteiger partial charge < -0.3 is 10.2 Å². The molecule has 1 amide bonds. The van der Waals surface area contributed by atoms with Crippen molar-refractivity contribution >= 4 is 27.2 Å². The lowest BCUT2D eigenvalue weighted by Gasteiger charge is -2.25. The molecule has 8 heteroatoms. The third kappa shape index (κ3) is 4.68. The molecule has 1 aromatic heterocycles. The molecule has 0 spiro atoms. The molecule has 21 heavy (non-hydrogen) atoms. The monoisotopic (exact) mass is 312 g/mol. The zero-order valence-electron chi connectivity index (χ0n) is 12.2. The van der Waals surface area contributed by atoms with Crippen molar-refractivity contribution in [1.29, 1.82) is 0 Å². The molecule has 7 nitrogen and oxygen atoms in total. The van der Waals surface area contributed by atoms with Gasteiger partial charge in [0.05, 0.1) is 29.9 Å². The van der Waals surface area contributed by atoms with Gasteiger partial charge in [-0.25, -0.2) is 13.4 Å². The number of rotatable bonds is 4. The molecule has 2 rings (SSSR count). The van der Waals surface area contributed by atoms with Crippen LogP contribution in [0.1, 0.15) is 0 Å². The Morgan fingerprint density at radius 2 is 2.00 bits per heavy atom. The highest BCUT2D eigenvalue weighted by Gasteiger charge is 2.22. The molecule has 1 saturated heterocycles. The molecule has 0 atom stereocenters. The van der Waals surface area contributed by atoms with E-state index in [9.17, 15) is 13.2 Å². The van der Waals surface area contributed by atoms with Crippen molar-refractivity contribution < 1.29 is 13.2 Å². The highest BCUT2D eigenvalue weighted by molar-refractivity contribution is 7.91. The average molecular weight is 312 g/mol. The van der Waals surface area contributed by atoms with E-state index in [2.05, 4.69) is 10.3 Å². The quantitative estimate of drug-likeness (QED) is 0.830. The van der Waals surface area contributed by atoms with Gasteiger partial charge >= 0.3 is 0 Å². The fourth-order valence-corrected chi connectivity index (χ4v) is 3.31. The predicted octanol–water partition coefficient (Wildman–Crippen LogP) is -0.183. The summed E-state index contributed by atoms with van der Waals surface area (Å²) < 4.78 is 22.6. The predicted molar refractivity (Wildman–Crippen MR) is 82.3 cm³/mol. The van der Waals surface area contributed by atoms with Gasteiger partial charge in [-0.05, 0) is 12.1 Å². The number of nitrogens with one attached hydrogen (secondary N) is 1. The van der Waals surface area contributed by atoms with Gasteiger partial charge in [0, 0.05) is 27.2 Å². The van der Waals surface area contributed by atoms with Gasteiger partial charge in [0.15, 0.2) is 9.84 Å². The van der Waals surface area contributed by atoms with E-state index in [0.29, 0.717) is 18.8 Å². The molecule has 116 valence electrons. The van der Waals surface area contributed by atoms with Crippen molar-refractivity contribution in [3.05, 3.63) is 18.3 Å². The van der Waals surface area contributed by atoms with E-state index in [1.54, 1.807) is 12.3 Å². The van der Waals surface area contributed by atoms with E-state index in [4.69, 9.17) is 0 Å². The second-order valence-electron chi connectivity index (χ2n) is 5.28. The number of nitrogens with zero attached hydrogens (tertiary/aromatic N) is 3. The maximum absolute atomic E-state index is 11.9. The second-order valence-corrected chi connectivity index (χ2v) is 7.58. The SMILES string of the molecule is CN(C)c1ccc(NC(=O)CN2CCS(=O)(=O)CC2)cn1. The van der Waals surface area contributed by atoms with Crippen LogP contribution in [0.25, 0.3) is 0 Å². The highest BCUT2D eigenvalue weighted by atomic mass is 32.2. The van der Waals surface area contributed by atoms with Crippen LogP contribution < -0.4 is 10.2 Å². The van der Waals surface area contributed by atoms with E-state index >= 15 is 0 Å². The van der Waals surface area contributed by atoms with Crippen LogP contribution in [0, 0.1) is 0 Å². The summed E-state index contributed by atoms with van der Waals surface area (Å²) in [6.07, 6.45) is 1.61. The molecule has 0 unspecified atom stereocenters. The van der Waals surface area contributed by atoms with E-state index < -0.39 is 9.84 Å². The van der Waals surface area contributed by atoms with Gasteiger partial charge in [0.1, 0.15) is 5.82 Å². The summed E-state index contributed by atoms with van der Waals surface area (Å²) in [5, 5.41) is 2.77. The molecular weight excluding hydrogens is 292 g/mol. The zero-order valence-corrected chi connectivity index (χ0v) is 13.1. The number of anilines is 2. The number of hydrogen-bond donors (Lipinski definition) is 1. The minimum absolute atomic E-state index is 0.124. The Balaban J connectivity index is 1.84. The van der Waals surface area contributed by atoms with Gasteiger partial charge in [0.2, 0.25) is 5.91 Å². The molecule has 2 heterocycles. The maximum Gasteiger partial charge on any atom is 0.238 e. The van der Waals surface area contributed by atoms with Crippen molar-refractivity contribution in [3.63, 3.8) is 0 Å². The average Bonchev–Trinajstić information content (AvgIpc) is 2.42. The third-order valence-corrected chi connectivity index (χ3v) is 4.90. The van der Waals surface area contributed by atoms with Crippen LogP contribution in [-0.4, -0.2) is 69.4 Å². The molecule has 1 fully saturated rings. The summed E-state index contributed by atoms with van der Waals surface area (Å²) in [4.78, 5) is 19.9. The molecular formula is C13H20N4O3S. The number of amides is 1. The van der Waals surface area contributed by atoms with E-state index in [-0.39, 0.29) is 24.0 Å². The van der Waals surface area contributed by atoms with Gasteiger partial charge in [-0.15, -0.1) is 0 Å². The van der Waals surface area contributed by atoms with Gasteiger partial charge in [-0.3, -0.25) is 9.69 Å². The Morgan fingerprint density at radius 1 is 1.33 bits per heavy atom. The van der Waals surface area contributed by atoms with E-state index in [1.165, 1.54) is 0 Å². The highest BCUT2D eigenvalue weighted by Crippen LogP contribution is 2.12. The van der Waals surface area contributed by atoms with Crippen molar-refractivity contribution in [2.75, 3.05) is 55.5 Å². The van der Waals surface area contributed by atoms with Gasteiger partial charge in [0.25, 0.3) is 0 Å². The van der Waals surface area contributed by atoms with Crippen molar-refractivity contribution in [2.24, 2.45) is 0 Å². The Bertz CT molecular complexity index is 584. The number of hydrogen-bond acceptors (Lipinski definition) is 6. The number of pyridine rings is 1. The standard InChI is InChI=1S/C13H20N4O3S/c1-16(2)12-4-3-11(9-14-12)15-13(18)10-17-5-7-21(19,20)8-6-17/h3-4,9H,5-8,10H2,1-2H3,(H,15,18). The molecule has 1 aliphatic rings. The summed E-state index contributed by atoms with van der Waals surface area (Å²) in [7, 11) is 0.876. The van der Waals surface area contributed by atoms with Crippen molar-refractivity contribution in [2.45, 2.75) is 0 Å². The first kappa shape index (κ1) is 15.7. The van der Waals surface area contributed by atoms with Crippen LogP contribution in [-0.2, 0) is 14.6 Å². The lowest BCUT2D eigenvalue weighted by molar-refractivity contribution is -0.117. The first-order chi connectivity index (χ1) is 9.85. The molecule has 1 aliphatic heterocycles. The molecule has 0 aromatic carbocycles. The van der Waals surface area contributed by atoms with Crippen molar-refractivity contribution in [1.82, 2.24) is 9.88 Å². The topological polar surface area (TPSA) is 82.6 Å². The minimum atomic E-state index is -2.91. The molecule has 1 N–H and O–H groups in total. The minimum Gasteiger partial charge on any atom is -0.363 e. The van der Waals surface area contributed by atoms with Crippen LogP contribution in [0.3, 0.4) is 0 Å². The Kier molecular flexibility index (Phi) is 4.79. The number of carbonyl (C=O) groups is 1. The molecule has 0 radical (unpaired) electrons. The van der Waals surface area contributed by atoms with E-state index in [0.717, 1.165) is 5.82 Å². The first-order valence-electron chi connectivity index (χ1n) is 6.72.